The Kier molecular flexibility index (Phi) is 2.29. The van der Waals surface area contributed by atoms with E-state index in [-0.39, 0.29) is 11.8 Å². The van der Waals surface area contributed by atoms with Crippen LogP contribution in [0, 0.1) is 0 Å². The third-order valence-corrected chi connectivity index (χ3v) is 3.75. The van der Waals surface area contributed by atoms with Crippen molar-refractivity contribution in [3.05, 3.63) is 46.5 Å². The van der Waals surface area contributed by atoms with Gasteiger partial charge in [0.1, 0.15) is 12.1 Å². The molecule has 4 rings (SSSR count). The van der Waals surface area contributed by atoms with Crippen molar-refractivity contribution in [1.82, 2.24) is 9.97 Å². The van der Waals surface area contributed by atoms with Gasteiger partial charge in [0.15, 0.2) is 0 Å². The van der Waals surface area contributed by atoms with E-state index < -0.39 is 5.63 Å². The van der Waals surface area contributed by atoms with E-state index in [1.165, 1.54) is 12.3 Å². The molecule has 104 valence electrons. The number of rotatable bonds is 1. The molecule has 0 aliphatic carbocycles. The fourth-order valence-corrected chi connectivity index (χ4v) is 2.55. The maximum Gasteiger partial charge on any atom is 0.335 e. The van der Waals surface area contributed by atoms with Crippen LogP contribution in [0.25, 0.3) is 22.4 Å². The normalized spacial score (nSPS) is 17.0. The highest BCUT2D eigenvalue weighted by atomic mass is 16.4. The Morgan fingerprint density at radius 1 is 1.24 bits per heavy atom. The Morgan fingerprint density at radius 2 is 2.10 bits per heavy atom. The van der Waals surface area contributed by atoms with Gasteiger partial charge in [-0.15, -0.1) is 0 Å². The standard InChI is InChI=1S/C15H11N3O3/c1-7-9-4-11-12(5-10(9)18-15(7)20)17-14(16-11)8-2-3-13(19)21-6-8/h2-7H,1H3,(H,16,17)(H,18,20). The van der Waals surface area contributed by atoms with Crippen molar-refractivity contribution in [2.45, 2.75) is 12.8 Å². The number of imidazole rings is 1. The molecule has 1 aliphatic rings. The smallest absolute Gasteiger partial charge is 0.335 e. The monoisotopic (exact) mass is 281 g/mol. The summed E-state index contributed by atoms with van der Waals surface area (Å²) in [6.45, 7) is 1.87. The average Bonchev–Trinajstić information content (AvgIpc) is 2.99. The summed E-state index contributed by atoms with van der Waals surface area (Å²) in [6, 6.07) is 6.79. The largest absolute Gasteiger partial charge is 0.431 e. The van der Waals surface area contributed by atoms with Crippen LogP contribution >= 0.6 is 0 Å². The second-order valence-corrected chi connectivity index (χ2v) is 5.10. The highest BCUT2D eigenvalue weighted by Crippen LogP contribution is 2.35. The Hall–Kier alpha value is -2.89. The first-order chi connectivity index (χ1) is 10.1. The van der Waals surface area contributed by atoms with E-state index in [1.54, 1.807) is 6.07 Å². The van der Waals surface area contributed by atoms with Crippen molar-refractivity contribution in [2.24, 2.45) is 0 Å². The molecular formula is C15H11N3O3. The Bertz CT molecular complexity index is 918. The van der Waals surface area contributed by atoms with Gasteiger partial charge in [0.25, 0.3) is 0 Å². The lowest BCUT2D eigenvalue weighted by atomic mass is 10.0. The second kappa shape index (κ2) is 4.05. The van der Waals surface area contributed by atoms with Gasteiger partial charge in [-0.05, 0) is 30.7 Å². The van der Waals surface area contributed by atoms with Crippen LogP contribution in [0.3, 0.4) is 0 Å². The second-order valence-electron chi connectivity index (χ2n) is 5.10. The molecule has 0 saturated heterocycles. The van der Waals surface area contributed by atoms with E-state index >= 15 is 0 Å². The first-order valence-corrected chi connectivity index (χ1v) is 6.55. The van der Waals surface area contributed by atoms with Crippen LogP contribution in [-0.4, -0.2) is 15.9 Å². The molecule has 6 heteroatoms. The van der Waals surface area contributed by atoms with Crippen LogP contribution in [-0.2, 0) is 4.79 Å². The molecule has 2 aromatic heterocycles. The molecular weight excluding hydrogens is 270 g/mol. The molecule has 2 N–H and O–H groups in total. The number of fused-ring (bicyclic) bond motifs is 2. The van der Waals surface area contributed by atoms with Gasteiger partial charge in [-0.2, -0.15) is 0 Å². The quantitative estimate of drug-likeness (QED) is 0.716. The summed E-state index contributed by atoms with van der Waals surface area (Å²) >= 11 is 0. The van der Waals surface area contributed by atoms with Crippen molar-refractivity contribution < 1.29 is 9.21 Å². The molecule has 0 radical (unpaired) electrons. The molecule has 0 spiro atoms. The zero-order chi connectivity index (χ0) is 14.6. The van der Waals surface area contributed by atoms with Crippen LogP contribution in [0.5, 0.6) is 0 Å². The molecule has 1 aliphatic heterocycles. The SMILES string of the molecule is CC1C(=O)Nc2cc3[nH]c(-c4ccc(=O)oc4)nc3cc21. The van der Waals surface area contributed by atoms with Crippen LogP contribution < -0.4 is 10.9 Å². The highest BCUT2D eigenvalue weighted by Gasteiger charge is 2.27. The Labute approximate surface area is 118 Å². The molecule has 6 nitrogen and oxygen atoms in total. The Morgan fingerprint density at radius 3 is 2.86 bits per heavy atom. The topological polar surface area (TPSA) is 88.0 Å². The zero-order valence-corrected chi connectivity index (χ0v) is 11.1. The molecule has 1 aromatic carbocycles. The number of carbonyl (C=O) groups is 1. The number of carbonyl (C=O) groups excluding carboxylic acids is 1. The van der Waals surface area contributed by atoms with Crippen LogP contribution in [0.1, 0.15) is 18.4 Å². The fraction of sp³-hybridized carbons (Fsp3) is 0.133. The van der Waals surface area contributed by atoms with E-state index in [2.05, 4.69) is 15.3 Å². The highest BCUT2D eigenvalue weighted by molar-refractivity contribution is 6.05. The molecule has 0 saturated carbocycles. The van der Waals surface area contributed by atoms with Crippen molar-refractivity contribution in [2.75, 3.05) is 5.32 Å². The number of nitrogens with one attached hydrogen (secondary N) is 2. The van der Waals surface area contributed by atoms with E-state index in [9.17, 15) is 9.59 Å². The minimum atomic E-state index is -0.398. The summed E-state index contributed by atoms with van der Waals surface area (Å²) < 4.78 is 4.85. The summed E-state index contributed by atoms with van der Waals surface area (Å²) in [5, 5.41) is 2.85. The molecule has 21 heavy (non-hydrogen) atoms. The maximum absolute atomic E-state index is 11.7. The first kappa shape index (κ1) is 11.9. The summed E-state index contributed by atoms with van der Waals surface area (Å²) in [7, 11) is 0. The van der Waals surface area contributed by atoms with Gasteiger partial charge in [-0.3, -0.25) is 4.79 Å². The lowest BCUT2D eigenvalue weighted by Crippen LogP contribution is -2.08. The van der Waals surface area contributed by atoms with Crippen LogP contribution in [0.2, 0.25) is 0 Å². The number of aromatic nitrogens is 2. The number of anilines is 1. The molecule has 3 heterocycles. The summed E-state index contributed by atoms with van der Waals surface area (Å²) in [4.78, 5) is 30.3. The Balaban J connectivity index is 1.87. The van der Waals surface area contributed by atoms with Crippen molar-refractivity contribution in [3.8, 4) is 11.4 Å². The number of benzene rings is 1. The number of hydrogen-bond donors (Lipinski definition) is 2. The minimum Gasteiger partial charge on any atom is -0.431 e. The predicted octanol–water partition coefficient (Wildman–Crippen LogP) is 2.24. The van der Waals surface area contributed by atoms with Crippen molar-refractivity contribution in [1.29, 1.82) is 0 Å². The van der Waals surface area contributed by atoms with E-state index in [1.807, 2.05) is 19.1 Å². The van der Waals surface area contributed by atoms with Gasteiger partial charge >= 0.3 is 5.63 Å². The van der Waals surface area contributed by atoms with Crippen molar-refractivity contribution >= 4 is 22.6 Å². The molecule has 3 aromatic rings. The molecule has 0 bridgehead atoms. The molecule has 0 fully saturated rings. The van der Waals surface area contributed by atoms with Crippen LogP contribution in [0.15, 0.2) is 39.7 Å². The number of hydrogen-bond acceptors (Lipinski definition) is 4. The number of H-pyrrole nitrogens is 1. The fourth-order valence-electron chi connectivity index (χ4n) is 2.55. The summed E-state index contributed by atoms with van der Waals surface area (Å²) in [5.41, 5.74) is 3.66. The number of aromatic amines is 1. The third-order valence-electron chi connectivity index (χ3n) is 3.75. The minimum absolute atomic E-state index is 0.00251. The average molecular weight is 281 g/mol. The van der Waals surface area contributed by atoms with Gasteiger partial charge < -0.3 is 14.7 Å². The molecule has 1 atom stereocenters. The van der Waals surface area contributed by atoms with Gasteiger partial charge in [-0.25, -0.2) is 9.78 Å². The lowest BCUT2D eigenvalue weighted by Gasteiger charge is -1.99. The first-order valence-electron chi connectivity index (χ1n) is 6.55. The van der Waals surface area contributed by atoms with E-state index in [0.717, 1.165) is 22.3 Å². The zero-order valence-electron chi connectivity index (χ0n) is 11.1. The molecule has 1 unspecified atom stereocenters. The van der Waals surface area contributed by atoms with Crippen molar-refractivity contribution in [3.63, 3.8) is 0 Å². The van der Waals surface area contributed by atoms with Gasteiger partial charge in [0, 0.05) is 11.8 Å². The third kappa shape index (κ3) is 1.76. The van der Waals surface area contributed by atoms with Gasteiger partial charge in [0.05, 0.1) is 22.5 Å². The number of nitrogens with zero attached hydrogens (tertiary/aromatic N) is 1. The predicted molar refractivity (Wildman–Crippen MR) is 77.1 cm³/mol. The van der Waals surface area contributed by atoms with Crippen LogP contribution in [0.4, 0.5) is 5.69 Å². The molecule has 1 amide bonds. The van der Waals surface area contributed by atoms with E-state index in [0.29, 0.717) is 11.4 Å². The summed E-state index contributed by atoms with van der Waals surface area (Å²) in [6.07, 6.45) is 1.37. The maximum atomic E-state index is 11.7. The van der Waals surface area contributed by atoms with Gasteiger partial charge in [0.2, 0.25) is 5.91 Å². The van der Waals surface area contributed by atoms with E-state index in [4.69, 9.17) is 4.42 Å². The number of amides is 1. The lowest BCUT2D eigenvalue weighted by molar-refractivity contribution is -0.116. The van der Waals surface area contributed by atoms with Gasteiger partial charge in [-0.1, -0.05) is 0 Å². The summed E-state index contributed by atoms with van der Waals surface area (Å²) in [5.74, 6) is 0.457.